The first kappa shape index (κ1) is 63.8. The first-order chi connectivity index (χ1) is 32.5. The van der Waals surface area contributed by atoms with E-state index in [1.807, 2.05) is 41.5 Å². The third kappa shape index (κ3) is 36.7. The van der Waals surface area contributed by atoms with Crippen molar-refractivity contribution in [2.24, 2.45) is 0 Å². The number of ether oxygens (including phenoxy) is 14. The highest BCUT2D eigenvalue weighted by atomic mass is 79.9. The van der Waals surface area contributed by atoms with Crippen LogP contribution in [0.25, 0.3) is 0 Å². The Balaban J connectivity index is 2.20. The zero-order valence-electron chi connectivity index (χ0n) is 41.1. The number of imide groups is 1. The van der Waals surface area contributed by atoms with Crippen LogP contribution in [0.15, 0.2) is 8.96 Å². The van der Waals surface area contributed by atoms with Crippen LogP contribution in [0.1, 0.15) is 60.8 Å². The van der Waals surface area contributed by atoms with E-state index in [0.717, 1.165) is 4.90 Å². The lowest BCUT2D eigenvalue weighted by atomic mass is 10.2. The van der Waals surface area contributed by atoms with Gasteiger partial charge in [-0.15, -0.1) is 0 Å². The molecular formula is C45H78Br2N2O19. The highest BCUT2D eigenvalue weighted by Crippen LogP contribution is 2.29. The topological polar surface area (TPSA) is 221 Å². The number of hydrogen-bond donors (Lipinski definition) is 0. The van der Waals surface area contributed by atoms with Crippen molar-refractivity contribution in [1.29, 1.82) is 0 Å². The van der Waals surface area contributed by atoms with Gasteiger partial charge in [-0.05, 0) is 73.4 Å². The molecule has 0 saturated carbocycles. The van der Waals surface area contributed by atoms with Crippen molar-refractivity contribution >= 4 is 61.5 Å². The molecule has 0 bridgehead atoms. The van der Waals surface area contributed by atoms with Crippen LogP contribution in [-0.2, 0) is 90.3 Å². The average Bonchev–Trinajstić information content (AvgIpc) is 3.45. The number of nitrogens with zero attached hydrogens (tertiary/aromatic N) is 2. The van der Waals surface area contributed by atoms with E-state index in [-0.39, 0.29) is 79.0 Å². The largest absolute Gasteiger partial charge is 0.460 e. The van der Waals surface area contributed by atoms with Crippen molar-refractivity contribution < 1.29 is 90.3 Å². The fraction of sp³-hybridized carbons (Fsp3) is 0.844. The molecule has 0 aromatic rings. The number of hydrogen-bond acceptors (Lipinski definition) is 19. The van der Waals surface area contributed by atoms with E-state index >= 15 is 0 Å². The molecule has 0 atom stereocenters. The molecule has 23 heteroatoms. The summed E-state index contributed by atoms with van der Waals surface area (Å²) in [5, 5.41) is 0. The normalized spacial score (nSPS) is 13.3. The molecule has 1 aliphatic heterocycles. The quantitative estimate of drug-likeness (QED) is 0.0485. The van der Waals surface area contributed by atoms with Crippen molar-refractivity contribution in [3.05, 3.63) is 8.96 Å². The minimum absolute atomic E-state index is 0.103. The number of amides is 3. The second-order valence-corrected chi connectivity index (χ2v) is 18.1. The van der Waals surface area contributed by atoms with E-state index < -0.39 is 23.0 Å². The summed E-state index contributed by atoms with van der Waals surface area (Å²) in [6, 6.07) is 0. The first-order valence-electron chi connectivity index (χ1n) is 23.1. The van der Waals surface area contributed by atoms with Gasteiger partial charge in [0.25, 0.3) is 11.8 Å². The van der Waals surface area contributed by atoms with Crippen LogP contribution in [0.5, 0.6) is 0 Å². The van der Waals surface area contributed by atoms with Crippen LogP contribution in [-0.4, -0.2) is 229 Å². The predicted octanol–water partition coefficient (Wildman–Crippen LogP) is 3.24. The number of halogens is 2. The Labute approximate surface area is 419 Å². The van der Waals surface area contributed by atoms with Gasteiger partial charge in [0.05, 0.1) is 184 Å². The summed E-state index contributed by atoms with van der Waals surface area (Å²) in [5.41, 5.74) is -1.03. The van der Waals surface area contributed by atoms with E-state index in [1.54, 1.807) is 4.90 Å². The molecule has 0 aromatic carbocycles. The van der Waals surface area contributed by atoms with Crippen molar-refractivity contribution in [2.75, 3.05) is 178 Å². The van der Waals surface area contributed by atoms with E-state index in [1.165, 1.54) is 0 Å². The van der Waals surface area contributed by atoms with Crippen molar-refractivity contribution in [3.8, 4) is 0 Å². The van der Waals surface area contributed by atoms with Crippen molar-refractivity contribution in [1.82, 2.24) is 9.80 Å². The van der Waals surface area contributed by atoms with Crippen molar-refractivity contribution in [2.45, 2.75) is 72.0 Å². The molecule has 0 saturated heterocycles. The van der Waals surface area contributed by atoms with Crippen LogP contribution in [0, 0.1) is 0 Å². The lowest BCUT2D eigenvalue weighted by Crippen LogP contribution is -2.37. The molecular weight excluding hydrogens is 1030 g/mol. The van der Waals surface area contributed by atoms with Gasteiger partial charge < -0.3 is 71.2 Å². The molecule has 0 N–H and O–H groups in total. The Kier molecular flexibility index (Phi) is 37.9. The standard InChI is InChI=1S/C45H78Br2N2O19/c1-44(2,3)67-38(51)8-14-56-20-26-62-32-34-64-28-22-58-16-10-48(11-17-59-23-29-65-35-33-63-27-21-57-15-9-39(52)68-45(4,5)6)37(50)7-13-55-19-25-61-31-36-66-30-24-60-18-12-49-42(53)40(46)41(47)43(49)54/h7-36H2,1-6H3. The van der Waals surface area contributed by atoms with Gasteiger partial charge in [-0.2, -0.15) is 0 Å². The number of carbonyl (C=O) groups excluding carboxylic acids is 5. The Morgan fingerprint density at radius 1 is 0.397 bits per heavy atom. The fourth-order valence-corrected chi connectivity index (χ4v) is 6.05. The molecule has 3 amide bonds. The molecule has 0 fully saturated rings. The smallest absolute Gasteiger partial charge is 0.308 e. The van der Waals surface area contributed by atoms with Crippen LogP contribution >= 0.6 is 31.9 Å². The lowest BCUT2D eigenvalue weighted by Gasteiger charge is -2.23. The predicted molar refractivity (Wildman–Crippen MR) is 254 cm³/mol. The van der Waals surface area contributed by atoms with E-state index in [9.17, 15) is 24.0 Å². The molecule has 0 unspecified atom stereocenters. The van der Waals surface area contributed by atoms with Gasteiger partial charge in [0, 0.05) is 13.1 Å². The fourth-order valence-electron chi connectivity index (χ4n) is 5.29. The van der Waals surface area contributed by atoms with Crippen LogP contribution in [0.4, 0.5) is 0 Å². The highest BCUT2D eigenvalue weighted by Gasteiger charge is 2.35. The van der Waals surface area contributed by atoms with Crippen LogP contribution in [0.3, 0.4) is 0 Å². The van der Waals surface area contributed by atoms with Gasteiger partial charge in [0.1, 0.15) is 20.2 Å². The molecule has 1 aliphatic rings. The molecule has 0 radical (unpaired) electrons. The van der Waals surface area contributed by atoms with Crippen LogP contribution < -0.4 is 0 Å². The number of esters is 2. The summed E-state index contributed by atoms with van der Waals surface area (Å²) < 4.78 is 77.4. The third-order valence-electron chi connectivity index (χ3n) is 8.43. The molecule has 0 aliphatic carbocycles. The molecule has 396 valence electrons. The summed E-state index contributed by atoms with van der Waals surface area (Å²) in [6.45, 7) is 19.7. The Hall–Kier alpha value is -2.23. The van der Waals surface area contributed by atoms with Gasteiger partial charge in [0.2, 0.25) is 5.91 Å². The molecule has 1 heterocycles. The monoisotopic (exact) mass is 1110 g/mol. The summed E-state index contributed by atoms with van der Waals surface area (Å²) in [4.78, 5) is 63.4. The van der Waals surface area contributed by atoms with Gasteiger partial charge >= 0.3 is 11.9 Å². The Morgan fingerprint density at radius 3 is 0.941 bits per heavy atom. The molecule has 0 spiro atoms. The van der Waals surface area contributed by atoms with E-state index in [4.69, 9.17) is 66.3 Å². The lowest BCUT2D eigenvalue weighted by molar-refractivity contribution is -0.157. The zero-order valence-corrected chi connectivity index (χ0v) is 44.3. The summed E-state index contributed by atoms with van der Waals surface area (Å²) >= 11 is 6.18. The van der Waals surface area contributed by atoms with E-state index in [0.29, 0.717) is 145 Å². The van der Waals surface area contributed by atoms with Gasteiger partial charge in [-0.3, -0.25) is 28.9 Å². The molecule has 1 rings (SSSR count). The molecule has 21 nitrogen and oxygen atoms in total. The SMILES string of the molecule is CC(C)(C)OC(=O)CCOCCOCCOCCOCCN(CCOCCOCCOCCOCCC(=O)OC(C)(C)C)C(=O)CCOCCOCCOCCOCCN1C(=O)C(Br)=C(Br)C1=O. The maximum Gasteiger partial charge on any atom is 0.308 e. The summed E-state index contributed by atoms with van der Waals surface area (Å²) in [6.07, 6.45) is 0.546. The minimum atomic E-state index is -0.516. The zero-order chi connectivity index (χ0) is 50.3. The van der Waals surface area contributed by atoms with Crippen LogP contribution in [0.2, 0.25) is 0 Å². The summed E-state index contributed by atoms with van der Waals surface area (Å²) in [7, 11) is 0. The maximum atomic E-state index is 13.1. The second kappa shape index (κ2) is 40.4. The second-order valence-electron chi connectivity index (χ2n) is 16.5. The van der Waals surface area contributed by atoms with Gasteiger partial charge in [0.15, 0.2) is 0 Å². The van der Waals surface area contributed by atoms with Crippen molar-refractivity contribution in [3.63, 3.8) is 0 Å². The van der Waals surface area contributed by atoms with Gasteiger partial charge in [-0.1, -0.05) is 0 Å². The highest BCUT2D eigenvalue weighted by molar-refractivity contribution is 9.14. The third-order valence-corrected chi connectivity index (χ3v) is 10.4. The minimum Gasteiger partial charge on any atom is -0.460 e. The van der Waals surface area contributed by atoms with E-state index in [2.05, 4.69) is 31.9 Å². The maximum absolute atomic E-state index is 13.1. The average molecular weight is 1110 g/mol. The number of carbonyl (C=O) groups is 5. The first-order valence-corrected chi connectivity index (χ1v) is 24.7. The van der Waals surface area contributed by atoms with Gasteiger partial charge in [-0.25, -0.2) is 0 Å². The Bertz CT molecular complexity index is 1330. The molecule has 68 heavy (non-hydrogen) atoms. The molecule has 0 aromatic heterocycles. The Morgan fingerprint density at radius 2 is 0.647 bits per heavy atom. The number of rotatable bonds is 45. The summed E-state index contributed by atoms with van der Waals surface area (Å²) in [5.74, 6) is -1.51.